The van der Waals surface area contributed by atoms with E-state index in [1.807, 2.05) is 36.4 Å². The second kappa shape index (κ2) is 7.93. The Morgan fingerprint density at radius 1 is 0.625 bits per heavy atom. The average Bonchev–Trinajstić information content (AvgIpc) is 3.26. The molecule has 152 valence electrons. The van der Waals surface area contributed by atoms with E-state index < -0.39 is 0 Å². The average molecular weight is 494 g/mol. The fraction of sp³-hybridized carbons (Fsp3) is 0. The molecule has 0 bridgehead atoms. The quantitative estimate of drug-likeness (QED) is 0.250. The number of hydrogen-bond acceptors (Lipinski definition) is 4. The van der Waals surface area contributed by atoms with Gasteiger partial charge in [0.05, 0.1) is 4.70 Å². The topological polar surface area (TPSA) is 38.7 Å². The van der Waals surface area contributed by atoms with Gasteiger partial charge in [-0.25, -0.2) is 0 Å². The van der Waals surface area contributed by atoms with Crippen molar-refractivity contribution in [1.82, 2.24) is 15.4 Å². The van der Waals surface area contributed by atoms with Crippen LogP contribution in [0.5, 0.6) is 0 Å². The number of thiophene rings is 1. The molecular weight excluding hydrogens is 478 g/mol. The van der Waals surface area contributed by atoms with Crippen molar-refractivity contribution in [1.29, 1.82) is 0 Å². The number of aromatic nitrogens is 3. The molecule has 0 radical (unpaired) electrons. The van der Waals surface area contributed by atoms with Crippen molar-refractivity contribution in [2.45, 2.75) is 0 Å². The van der Waals surface area contributed by atoms with Gasteiger partial charge in [-0.2, -0.15) is 0 Å². The molecule has 0 saturated heterocycles. The third kappa shape index (κ3) is 3.13. The number of halogens is 1. The smallest absolute Gasteiger partial charge is 0.105 e. The third-order valence-electron chi connectivity index (χ3n) is 5.60. The Labute approximate surface area is 197 Å². The summed E-state index contributed by atoms with van der Waals surface area (Å²) in [5, 5.41) is 15.7. The van der Waals surface area contributed by atoms with Gasteiger partial charge in [0.25, 0.3) is 0 Å². The second-order valence-electron chi connectivity index (χ2n) is 7.49. The summed E-state index contributed by atoms with van der Waals surface area (Å²) >= 11 is 5.57. The molecule has 2 aromatic heterocycles. The van der Waals surface area contributed by atoms with E-state index in [-0.39, 0.29) is 0 Å². The third-order valence-corrected chi connectivity index (χ3v) is 7.73. The predicted octanol–water partition coefficient (Wildman–Crippen LogP) is 8.00. The van der Waals surface area contributed by atoms with Crippen LogP contribution in [-0.4, -0.2) is 15.4 Å². The molecule has 0 aliphatic carbocycles. The molecule has 5 heteroatoms. The fourth-order valence-corrected chi connectivity index (χ4v) is 5.89. The second-order valence-corrected chi connectivity index (χ2v) is 9.40. The van der Waals surface area contributed by atoms with Gasteiger partial charge in [0.15, 0.2) is 0 Å². The minimum atomic E-state index is 0.832. The Balaban J connectivity index is 1.78. The van der Waals surface area contributed by atoms with Gasteiger partial charge in [-0.15, -0.1) is 21.5 Å². The Morgan fingerprint density at radius 2 is 1.22 bits per heavy atom. The minimum Gasteiger partial charge on any atom is -0.134 e. The lowest BCUT2D eigenvalue weighted by atomic mass is 9.92. The lowest BCUT2D eigenvalue weighted by molar-refractivity contribution is 0.879. The van der Waals surface area contributed by atoms with Gasteiger partial charge in [-0.3, -0.25) is 0 Å². The van der Waals surface area contributed by atoms with Crippen LogP contribution in [0.15, 0.2) is 102 Å². The summed E-state index contributed by atoms with van der Waals surface area (Å²) in [7, 11) is 0. The lowest BCUT2D eigenvalue weighted by Gasteiger charge is -2.14. The zero-order chi connectivity index (χ0) is 21.5. The van der Waals surface area contributed by atoms with E-state index in [9.17, 15) is 0 Å². The fourth-order valence-electron chi connectivity index (χ4n) is 4.18. The first-order chi connectivity index (χ1) is 15.8. The highest BCUT2D eigenvalue weighted by Gasteiger charge is 2.22. The standard InChI is InChI=1S/C27H16BrN3S/c28-21-16-15-20(23-19-13-7-8-14-22(19)32-27(21)23)24-25(17-9-3-1-4-10-17)29-31-30-26(24)18-11-5-2-6-12-18/h1-16H. The molecule has 4 aromatic carbocycles. The molecule has 3 nitrogen and oxygen atoms in total. The van der Waals surface area contributed by atoms with Crippen LogP contribution in [0.25, 0.3) is 53.8 Å². The van der Waals surface area contributed by atoms with Crippen molar-refractivity contribution >= 4 is 47.4 Å². The van der Waals surface area contributed by atoms with Crippen LogP contribution >= 0.6 is 27.3 Å². The molecule has 2 heterocycles. The molecular formula is C27H16BrN3S. The van der Waals surface area contributed by atoms with Crippen LogP contribution in [0.1, 0.15) is 0 Å². The van der Waals surface area contributed by atoms with E-state index in [0.717, 1.165) is 38.1 Å². The van der Waals surface area contributed by atoms with Crippen molar-refractivity contribution in [2.75, 3.05) is 0 Å². The number of hydrogen-bond donors (Lipinski definition) is 0. The summed E-state index contributed by atoms with van der Waals surface area (Å²) in [6.45, 7) is 0. The SMILES string of the molecule is Brc1ccc(-c2c(-c3ccccc3)nnnc2-c2ccccc2)c2c1sc1ccccc12. The van der Waals surface area contributed by atoms with Crippen LogP contribution in [-0.2, 0) is 0 Å². The predicted molar refractivity (Wildman–Crippen MR) is 137 cm³/mol. The number of nitrogens with zero attached hydrogens (tertiary/aromatic N) is 3. The molecule has 6 rings (SSSR count). The van der Waals surface area contributed by atoms with E-state index in [4.69, 9.17) is 0 Å². The molecule has 0 fully saturated rings. The highest BCUT2D eigenvalue weighted by molar-refractivity contribution is 9.10. The summed E-state index contributed by atoms with van der Waals surface area (Å²) in [6, 6.07) is 33.3. The summed E-state index contributed by atoms with van der Waals surface area (Å²) in [6.07, 6.45) is 0. The zero-order valence-electron chi connectivity index (χ0n) is 16.9. The molecule has 0 N–H and O–H groups in total. The minimum absolute atomic E-state index is 0.832. The highest BCUT2D eigenvalue weighted by atomic mass is 79.9. The molecule has 0 spiro atoms. The molecule has 0 aliphatic rings. The normalized spacial score (nSPS) is 11.3. The van der Waals surface area contributed by atoms with Crippen molar-refractivity contribution in [3.8, 4) is 33.6 Å². The van der Waals surface area contributed by atoms with Crippen LogP contribution in [0.3, 0.4) is 0 Å². The Hall–Kier alpha value is -3.41. The molecule has 0 atom stereocenters. The first-order valence-corrected chi connectivity index (χ1v) is 11.9. The first-order valence-electron chi connectivity index (χ1n) is 10.3. The first kappa shape index (κ1) is 19.3. The Kier molecular flexibility index (Phi) is 4.78. The lowest BCUT2D eigenvalue weighted by Crippen LogP contribution is -2.00. The summed E-state index contributed by atoms with van der Waals surface area (Å²) in [5.41, 5.74) is 5.81. The van der Waals surface area contributed by atoms with Gasteiger partial charge in [-0.05, 0) is 38.8 Å². The van der Waals surface area contributed by atoms with Gasteiger partial charge < -0.3 is 0 Å². The Bertz CT molecular complexity index is 1520. The summed E-state index contributed by atoms with van der Waals surface area (Å²) < 4.78 is 3.57. The number of rotatable bonds is 3. The number of fused-ring (bicyclic) bond motifs is 3. The maximum Gasteiger partial charge on any atom is 0.105 e. The van der Waals surface area contributed by atoms with Crippen LogP contribution in [0.4, 0.5) is 0 Å². The number of benzene rings is 4. The van der Waals surface area contributed by atoms with Gasteiger partial charge in [0.2, 0.25) is 0 Å². The van der Waals surface area contributed by atoms with Gasteiger partial charge in [0, 0.05) is 36.6 Å². The molecule has 6 aromatic rings. The maximum atomic E-state index is 4.54. The molecule has 0 unspecified atom stereocenters. The van der Waals surface area contributed by atoms with Gasteiger partial charge in [-0.1, -0.05) is 84.9 Å². The van der Waals surface area contributed by atoms with Crippen LogP contribution in [0, 0.1) is 0 Å². The van der Waals surface area contributed by atoms with Gasteiger partial charge in [0.1, 0.15) is 11.4 Å². The van der Waals surface area contributed by atoms with Crippen molar-refractivity contribution in [3.63, 3.8) is 0 Å². The van der Waals surface area contributed by atoms with E-state index in [0.29, 0.717) is 0 Å². The van der Waals surface area contributed by atoms with Crippen molar-refractivity contribution in [2.24, 2.45) is 0 Å². The van der Waals surface area contributed by atoms with E-state index in [1.165, 1.54) is 20.2 Å². The molecule has 0 amide bonds. The van der Waals surface area contributed by atoms with Gasteiger partial charge >= 0.3 is 0 Å². The molecule has 32 heavy (non-hydrogen) atoms. The van der Waals surface area contributed by atoms with Crippen molar-refractivity contribution < 1.29 is 0 Å². The highest BCUT2D eigenvalue weighted by Crippen LogP contribution is 2.47. The molecule has 0 aliphatic heterocycles. The summed E-state index contributed by atoms with van der Waals surface area (Å²) in [5.74, 6) is 0. The van der Waals surface area contributed by atoms with E-state index >= 15 is 0 Å². The Morgan fingerprint density at radius 3 is 1.88 bits per heavy atom. The maximum absolute atomic E-state index is 4.54. The largest absolute Gasteiger partial charge is 0.134 e. The monoisotopic (exact) mass is 493 g/mol. The van der Waals surface area contributed by atoms with Crippen molar-refractivity contribution in [3.05, 3.63) is 102 Å². The zero-order valence-corrected chi connectivity index (χ0v) is 19.3. The van der Waals surface area contributed by atoms with Crippen LogP contribution < -0.4 is 0 Å². The van der Waals surface area contributed by atoms with Crippen LogP contribution in [0.2, 0.25) is 0 Å². The van der Waals surface area contributed by atoms with E-state index in [2.05, 4.69) is 92.0 Å². The molecule has 0 saturated carbocycles. The van der Waals surface area contributed by atoms with E-state index in [1.54, 1.807) is 11.3 Å². The summed E-state index contributed by atoms with van der Waals surface area (Å²) in [4.78, 5) is 0.